The maximum atomic E-state index is 15.6. The number of rotatable bonds is 4. The third-order valence-electron chi connectivity index (χ3n) is 9.10. The molecule has 2 aromatic heterocycles. The Morgan fingerprint density at radius 1 is 0.604 bits per heavy atom. The number of hydrogen-bond donors (Lipinski definition) is 2. The van der Waals surface area contributed by atoms with Gasteiger partial charge in [-0.2, -0.15) is 0 Å². The zero-order valence-electron chi connectivity index (χ0n) is 26.3. The number of ketones is 1. The van der Waals surface area contributed by atoms with Gasteiger partial charge in [-0.3, -0.25) is 4.79 Å². The first kappa shape index (κ1) is 29.3. The first-order valence-electron chi connectivity index (χ1n) is 15.7. The lowest BCUT2D eigenvalue weighted by atomic mass is 9.93. The van der Waals surface area contributed by atoms with Crippen molar-refractivity contribution in [3.05, 3.63) is 154 Å². The molecule has 48 heavy (non-hydrogen) atoms. The molecule has 9 heteroatoms. The van der Waals surface area contributed by atoms with E-state index in [9.17, 15) is 4.79 Å². The van der Waals surface area contributed by atoms with E-state index in [1.54, 1.807) is 12.4 Å². The number of hydrogen-bond acceptors (Lipinski definition) is 7. The van der Waals surface area contributed by atoms with Crippen LogP contribution in [0.3, 0.4) is 0 Å². The van der Waals surface area contributed by atoms with Crippen LogP contribution in [-0.2, 0) is 13.1 Å². The van der Waals surface area contributed by atoms with Crippen molar-refractivity contribution in [1.29, 1.82) is 0 Å². The van der Waals surface area contributed by atoms with Gasteiger partial charge in [0.1, 0.15) is 23.3 Å². The Bertz CT molecular complexity index is 2100. The van der Waals surface area contributed by atoms with Gasteiger partial charge in [-0.25, -0.2) is 18.7 Å². The molecular weight excluding hydrogens is 606 g/mol. The highest BCUT2D eigenvalue weighted by Gasteiger charge is 2.28. The number of carbonyl (C=O) groups excluding carboxylic acids is 1. The highest BCUT2D eigenvalue weighted by Crippen LogP contribution is 2.43. The molecule has 0 bridgehead atoms. The molecule has 0 saturated heterocycles. The van der Waals surface area contributed by atoms with E-state index in [1.807, 2.05) is 96.4 Å². The molecule has 0 amide bonds. The second kappa shape index (κ2) is 11.6. The molecule has 0 fully saturated rings. The number of carbonyl (C=O) groups is 1. The van der Waals surface area contributed by atoms with Gasteiger partial charge in [0.2, 0.25) is 0 Å². The predicted molar refractivity (Wildman–Crippen MR) is 185 cm³/mol. The molecule has 0 aliphatic carbocycles. The Labute approximate surface area is 276 Å². The van der Waals surface area contributed by atoms with Crippen LogP contribution >= 0.6 is 0 Å². The lowest BCUT2D eigenvalue weighted by Crippen LogP contribution is -2.20. The lowest BCUT2D eigenvalue weighted by Gasteiger charge is -2.28. The molecule has 0 unspecified atom stereocenters. The van der Waals surface area contributed by atoms with Crippen LogP contribution < -0.4 is 20.4 Å². The maximum Gasteiger partial charge on any atom is 0.193 e. The summed E-state index contributed by atoms with van der Waals surface area (Å²) < 4.78 is 31.2. The van der Waals surface area contributed by atoms with Crippen molar-refractivity contribution in [3.63, 3.8) is 0 Å². The monoisotopic (exact) mass is 636 g/mol. The average Bonchev–Trinajstić information content (AvgIpc) is 3.37. The van der Waals surface area contributed by atoms with Gasteiger partial charge in [0.15, 0.2) is 5.78 Å². The molecule has 0 atom stereocenters. The number of aromatic nitrogens is 2. The van der Waals surface area contributed by atoms with Crippen LogP contribution in [0.15, 0.2) is 109 Å². The Morgan fingerprint density at radius 3 is 1.50 bits per heavy atom. The summed E-state index contributed by atoms with van der Waals surface area (Å²) >= 11 is 0. The molecule has 7 nitrogen and oxygen atoms in total. The number of benzene rings is 4. The summed E-state index contributed by atoms with van der Waals surface area (Å²) in [6.07, 6.45) is 3.45. The van der Waals surface area contributed by atoms with Gasteiger partial charge in [-0.15, -0.1) is 0 Å². The molecule has 8 rings (SSSR count). The summed E-state index contributed by atoms with van der Waals surface area (Å²) in [5.74, 6) is -0.163. The lowest BCUT2D eigenvalue weighted by molar-refractivity contribution is 0.103. The second-order valence-electron chi connectivity index (χ2n) is 12.0. The second-order valence-corrected chi connectivity index (χ2v) is 12.0. The van der Waals surface area contributed by atoms with E-state index in [-0.39, 0.29) is 11.1 Å². The Balaban J connectivity index is 1.24. The van der Waals surface area contributed by atoms with Crippen molar-refractivity contribution < 1.29 is 13.6 Å². The summed E-state index contributed by atoms with van der Waals surface area (Å²) in [6.45, 7) is 4.41. The van der Waals surface area contributed by atoms with E-state index in [0.717, 1.165) is 33.9 Å². The summed E-state index contributed by atoms with van der Waals surface area (Å²) in [4.78, 5) is 27.5. The van der Waals surface area contributed by atoms with Crippen molar-refractivity contribution in [2.75, 3.05) is 20.4 Å². The third kappa shape index (κ3) is 5.00. The van der Waals surface area contributed by atoms with Crippen molar-refractivity contribution in [3.8, 4) is 0 Å². The Kier molecular flexibility index (Phi) is 7.09. The number of nitrogens with one attached hydrogen (secondary N) is 2. The van der Waals surface area contributed by atoms with Gasteiger partial charge in [-0.1, -0.05) is 36.4 Å². The molecule has 2 N–H and O–H groups in total. The molecule has 4 heterocycles. The van der Waals surface area contributed by atoms with Crippen LogP contribution in [0.2, 0.25) is 0 Å². The van der Waals surface area contributed by atoms with Crippen LogP contribution in [0.1, 0.15) is 38.2 Å². The zero-order valence-corrected chi connectivity index (χ0v) is 26.3. The van der Waals surface area contributed by atoms with Gasteiger partial charge in [0.05, 0.1) is 35.8 Å². The predicted octanol–water partition coefficient (Wildman–Crippen LogP) is 9.39. The zero-order chi connectivity index (χ0) is 32.9. The summed E-state index contributed by atoms with van der Waals surface area (Å²) in [5, 5.41) is 6.80. The SMILES string of the molecule is Cc1c(C(=O)c2cc(F)cc(N3Cc4cccnc4Nc4ccccc43)c2C)cc(F)cc1N1Cc2cccnc2Nc2ccccc21. The summed E-state index contributed by atoms with van der Waals surface area (Å²) in [6, 6.07) is 28.5. The smallest absolute Gasteiger partial charge is 0.193 e. The van der Waals surface area contributed by atoms with E-state index < -0.39 is 17.4 Å². The molecule has 4 aromatic carbocycles. The highest BCUT2D eigenvalue weighted by atomic mass is 19.1. The van der Waals surface area contributed by atoms with E-state index in [0.29, 0.717) is 47.2 Å². The van der Waals surface area contributed by atoms with E-state index in [1.165, 1.54) is 24.3 Å². The first-order valence-corrected chi connectivity index (χ1v) is 15.7. The highest BCUT2D eigenvalue weighted by molar-refractivity contribution is 6.12. The minimum atomic E-state index is -0.564. The van der Waals surface area contributed by atoms with E-state index in [4.69, 9.17) is 0 Å². The van der Waals surface area contributed by atoms with Crippen LogP contribution in [0.5, 0.6) is 0 Å². The molecular formula is C39H30F2N6O. The number of nitrogens with zero attached hydrogens (tertiary/aromatic N) is 4. The minimum absolute atomic E-state index is 0.165. The van der Waals surface area contributed by atoms with E-state index in [2.05, 4.69) is 20.6 Å². The largest absolute Gasteiger partial charge is 0.338 e. The molecule has 0 radical (unpaired) electrons. The van der Waals surface area contributed by atoms with Crippen LogP contribution in [0, 0.1) is 25.5 Å². The van der Waals surface area contributed by atoms with Gasteiger partial charge < -0.3 is 20.4 Å². The third-order valence-corrected chi connectivity index (χ3v) is 9.10. The maximum absolute atomic E-state index is 15.6. The molecule has 0 saturated carbocycles. The van der Waals surface area contributed by atoms with Crippen LogP contribution in [0.25, 0.3) is 0 Å². The van der Waals surface area contributed by atoms with Crippen molar-refractivity contribution >= 4 is 51.5 Å². The number of pyridine rings is 2. The van der Waals surface area contributed by atoms with Gasteiger partial charge in [-0.05, 0) is 85.6 Å². The van der Waals surface area contributed by atoms with Gasteiger partial charge in [0.25, 0.3) is 0 Å². The molecule has 2 aliphatic heterocycles. The van der Waals surface area contributed by atoms with Gasteiger partial charge >= 0.3 is 0 Å². The standard InChI is InChI=1S/C39H30F2N6O/c1-23-29(17-27(40)19-35(23)46-21-25-9-7-15-42-38(25)44-31-11-3-5-13-33(31)46)37(48)30-18-28(41)20-36(24(30)2)47-22-26-10-8-16-43-39(26)45-32-12-4-6-14-34(32)47/h3-20H,21-22H2,1-2H3,(H,42,44)(H,43,45). The summed E-state index contributed by atoms with van der Waals surface area (Å²) in [7, 11) is 0. The number of fused-ring (bicyclic) bond motifs is 4. The molecule has 0 spiro atoms. The topological polar surface area (TPSA) is 73.4 Å². The fourth-order valence-electron chi connectivity index (χ4n) is 6.69. The number of para-hydroxylation sites is 4. The van der Waals surface area contributed by atoms with Crippen molar-refractivity contribution in [2.45, 2.75) is 26.9 Å². The average molecular weight is 637 g/mol. The van der Waals surface area contributed by atoms with Crippen LogP contribution in [0.4, 0.5) is 54.5 Å². The normalized spacial score (nSPS) is 13.2. The molecule has 6 aromatic rings. The number of anilines is 8. The van der Waals surface area contributed by atoms with Crippen molar-refractivity contribution in [1.82, 2.24) is 9.97 Å². The fourth-order valence-corrected chi connectivity index (χ4v) is 6.69. The van der Waals surface area contributed by atoms with E-state index >= 15 is 8.78 Å². The Morgan fingerprint density at radius 2 is 1.04 bits per heavy atom. The van der Waals surface area contributed by atoms with Crippen LogP contribution in [-0.4, -0.2) is 15.8 Å². The first-order chi connectivity index (χ1) is 23.4. The molecule has 236 valence electrons. The molecule has 2 aliphatic rings. The number of halogens is 2. The Hall–Kier alpha value is -6.09. The summed E-state index contributed by atoms with van der Waals surface area (Å²) in [5.41, 5.74) is 7.64. The van der Waals surface area contributed by atoms with Crippen molar-refractivity contribution in [2.24, 2.45) is 0 Å². The quantitative estimate of drug-likeness (QED) is 0.187. The van der Waals surface area contributed by atoms with Gasteiger partial charge in [0, 0.05) is 46.0 Å². The minimum Gasteiger partial charge on any atom is -0.338 e. The fraction of sp³-hybridized carbons (Fsp3) is 0.103.